The lowest BCUT2D eigenvalue weighted by molar-refractivity contribution is -0.146. The third-order valence-electron chi connectivity index (χ3n) is 2.91. The van der Waals surface area contributed by atoms with Gasteiger partial charge in [-0.2, -0.15) is 0 Å². The molecule has 0 aliphatic carbocycles. The summed E-state index contributed by atoms with van der Waals surface area (Å²) in [4.78, 5) is 35.5. The van der Waals surface area contributed by atoms with Crippen LogP contribution in [0.5, 0.6) is 0 Å². The number of rotatable bonds is 9. The molecular weight excluding hydrogens is 439 g/mol. The highest BCUT2D eigenvalue weighted by molar-refractivity contribution is 14.1. The zero-order valence-electron chi connectivity index (χ0n) is 12.3. The number of benzene rings is 1. The molecular formula is C14H16ClIN2O5. The molecule has 0 saturated carbocycles. The Bertz CT molecular complexity index is 597. The van der Waals surface area contributed by atoms with E-state index in [4.69, 9.17) is 21.4 Å². The summed E-state index contributed by atoms with van der Waals surface area (Å²) in [7, 11) is 0. The van der Waals surface area contributed by atoms with E-state index in [0.717, 1.165) is 0 Å². The zero-order chi connectivity index (χ0) is 17.4. The summed E-state index contributed by atoms with van der Waals surface area (Å²) in [5.74, 6) is -2.39. The lowest BCUT2D eigenvalue weighted by Gasteiger charge is -2.16. The molecule has 0 amide bonds. The Kier molecular flexibility index (Phi) is 8.59. The summed E-state index contributed by atoms with van der Waals surface area (Å²) in [6, 6.07) is 2.92. The second kappa shape index (κ2) is 9.91. The number of hydrogen-bond acceptors (Lipinski definition) is 7. The number of hydrogen-bond donors (Lipinski definition) is 2. The minimum absolute atomic E-state index is 0.0100. The maximum Gasteiger partial charge on any atom is 0.318 e. The molecule has 1 unspecified atom stereocenters. The van der Waals surface area contributed by atoms with E-state index in [-0.39, 0.29) is 42.6 Å². The first-order chi connectivity index (χ1) is 11.0. The molecule has 1 rings (SSSR count). The van der Waals surface area contributed by atoms with Crippen LogP contribution in [0.1, 0.15) is 17.3 Å². The zero-order valence-corrected chi connectivity index (χ0v) is 15.3. The molecule has 0 fully saturated rings. The average Bonchev–Trinajstić information content (AvgIpc) is 2.53. The third-order valence-corrected chi connectivity index (χ3v) is 3.93. The number of nitrogens with one attached hydrogen (secondary N) is 1. The number of carbonyl (C=O) groups excluding carboxylic acids is 2. The second-order valence-electron chi connectivity index (χ2n) is 4.47. The highest BCUT2D eigenvalue weighted by Crippen LogP contribution is 2.32. The van der Waals surface area contributed by atoms with Crippen LogP contribution in [-0.2, 0) is 9.53 Å². The number of Topliss-reactive ketones (excluding diaryl/α,β-unsaturated/α-hetero) is 1. The molecule has 0 saturated heterocycles. The first-order valence-electron chi connectivity index (χ1n) is 6.81. The number of esters is 1. The topological polar surface area (TPSA) is 105 Å². The van der Waals surface area contributed by atoms with Crippen molar-refractivity contribution < 1.29 is 19.4 Å². The van der Waals surface area contributed by atoms with E-state index in [1.807, 2.05) is 22.6 Å². The molecule has 7 nitrogen and oxygen atoms in total. The van der Waals surface area contributed by atoms with Crippen LogP contribution in [0.2, 0.25) is 5.02 Å². The Morgan fingerprint density at radius 1 is 1.48 bits per heavy atom. The van der Waals surface area contributed by atoms with Crippen LogP contribution < -0.4 is 5.32 Å². The van der Waals surface area contributed by atoms with Crippen molar-refractivity contribution in [2.24, 2.45) is 11.1 Å². The van der Waals surface area contributed by atoms with Crippen molar-refractivity contribution in [3.63, 3.8) is 0 Å². The SMILES string of the molecule is CCOC(=O)C(CNCCO)C(=O)c1cc(I)cc(N=O)c1Cl. The molecule has 1 aromatic carbocycles. The van der Waals surface area contributed by atoms with E-state index in [1.54, 1.807) is 6.92 Å². The predicted octanol–water partition coefficient (Wildman–Crippen LogP) is 2.29. The predicted molar refractivity (Wildman–Crippen MR) is 94.0 cm³/mol. The Hall–Kier alpha value is -1.10. The Morgan fingerprint density at radius 2 is 2.17 bits per heavy atom. The van der Waals surface area contributed by atoms with E-state index >= 15 is 0 Å². The quantitative estimate of drug-likeness (QED) is 0.148. The van der Waals surface area contributed by atoms with Crippen LogP contribution in [-0.4, -0.2) is 43.2 Å². The van der Waals surface area contributed by atoms with E-state index < -0.39 is 17.7 Å². The summed E-state index contributed by atoms with van der Waals surface area (Å²) >= 11 is 7.95. The molecule has 126 valence electrons. The van der Waals surface area contributed by atoms with Crippen molar-refractivity contribution in [1.82, 2.24) is 5.32 Å². The first-order valence-corrected chi connectivity index (χ1v) is 8.26. The molecule has 0 heterocycles. The summed E-state index contributed by atoms with van der Waals surface area (Å²) < 4.78 is 5.51. The standard InChI is InChI=1S/C14H16ClIN2O5/c1-2-23-14(21)10(7-17-3-4-19)13(20)9-5-8(16)6-11(18-22)12(9)15/h5-6,10,17,19H,2-4,7H2,1H3. The van der Waals surface area contributed by atoms with Crippen molar-refractivity contribution in [2.75, 3.05) is 26.3 Å². The summed E-state index contributed by atoms with van der Waals surface area (Å²) in [6.45, 7) is 1.85. The van der Waals surface area contributed by atoms with Gasteiger partial charge in [0.15, 0.2) is 5.78 Å². The fourth-order valence-electron chi connectivity index (χ4n) is 1.86. The van der Waals surface area contributed by atoms with E-state index in [9.17, 15) is 14.5 Å². The second-order valence-corrected chi connectivity index (χ2v) is 6.10. The van der Waals surface area contributed by atoms with E-state index in [1.165, 1.54) is 12.1 Å². The number of halogens is 2. The maximum absolute atomic E-state index is 12.7. The molecule has 9 heteroatoms. The third kappa shape index (κ3) is 5.48. The summed E-state index contributed by atoms with van der Waals surface area (Å²) in [6.07, 6.45) is 0. The van der Waals surface area contributed by atoms with Crippen LogP contribution in [0.4, 0.5) is 5.69 Å². The van der Waals surface area contributed by atoms with Gasteiger partial charge in [0.2, 0.25) is 0 Å². The molecule has 0 aliphatic rings. The van der Waals surface area contributed by atoms with Gasteiger partial charge < -0.3 is 15.2 Å². The molecule has 0 aliphatic heterocycles. The first kappa shape index (κ1) is 19.9. The number of ether oxygens (including phenoxy) is 1. The van der Waals surface area contributed by atoms with Gasteiger partial charge in [-0.1, -0.05) is 11.6 Å². The van der Waals surface area contributed by atoms with Gasteiger partial charge in [0.05, 0.1) is 18.2 Å². The van der Waals surface area contributed by atoms with Gasteiger partial charge in [-0.15, -0.1) is 4.91 Å². The number of aliphatic hydroxyl groups is 1. The minimum atomic E-state index is -1.13. The van der Waals surface area contributed by atoms with Crippen LogP contribution in [0, 0.1) is 14.4 Å². The highest BCUT2D eigenvalue weighted by Gasteiger charge is 2.31. The van der Waals surface area contributed by atoms with Gasteiger partial charge >= 0.3 is 5.97 Å². The van der Waals surface area contributed by atoms with Crippen molar-refractivity contribution >= 4 is 51.6 Å². The molecule has 0 radical (unpaired) electrons. The highest BCUT2D eigenvalue weighted by atomic mass is 127. The van der Waals surface area contributed by atoms with Crippen molar-refractivity contribution in [3.8, 4) is 0 Å². The van der Waals surface area contributed by atoms with Gasteiger partial charge in [0.25, 0.3) is 0 Å². The van der Waals surface area contributed by atoms with E-state index in [0.29, 0.717) is 3.57 Å². The lowest BCUT2D eigenvalue weighted by Crippen LogP contribution is -2.37. The molecule has 0 bridgehead atoms. The largest absolute Gasteiger partial charge is 0.465 e. The number of aliphatic hydroxyl groups excluding tert-OH is 1. The Morgan fingerprint density at radius 3 is 2.74 bits per heavy atom. The molecule has 1 aromatic rings. The molecule has 0 aromatic heterocycles. The van der Waals surface area contributed by atoms with Crippen LogP contribution >= 0.6 is 34.2 Å². The minimum Gasteiger partial charge on any atom is -0.465 e. The Balaban J connectivity index is 3.15. The fraction of sp³-hybridized carbons (Fsp3) is 0.429. The monoisotopic (exact) mass is 454 g/mol. The van der Waals surface area contributed by atoms with Crippen LogP contribution in [0.3, 0.4) is 0 Å². The average molecular weight is 455 g/mol. The van der Waals surface area contributed by atoms with Crippen molar-refractivity contribution in [1.29, 1.82) is 0 Å². The lowest BCUT2D eigenvalue weighted by atomic mass is 9.97. The molecule has 0 spiro atoms. The molecule has 2 N–H and O–H groups in total. The number of ketones is 1. The van der Waals surface area contributed by atoms with Gasteiger partial charge in [-0.25, -0.2) is 0 Å². The van der Waals surface area contributed by atoms with Gasteiger partial charge in [0, 0.05) is 22.2 Å². The van der Waals surface area contributed by atoms with E-state index in [2.05, 4.69) is 10.5 Å². The van der Waals surface area contributed by atoms with Gasteiger partial charge in [-0.05, 0) is 46.8 Å². The summed E-state index contributed by atoms with van der Waals surface area (Å²) in [5.41, 5.74) is -0.0233. The molecule has 1 atom stereocenters. The van der Waals surface area contributed by atoms with Crippen molar-refractivity contribution in [3.05, 3.63) is 31.2 Å². The van der Waals surface area contributed by atoms with Gasteiger partial charge in [-0.3, -0.25) is 9.59 Å². The van der Waals surface area contributed by atoms with Crippen LogP contribution in [0.15, 0.2) is 17.3 Å². The number of nitroso groups, excluding NO2 is 1. The fourth-order valence-corrected chi connectivity index (χ4v) is 2.70. The number of carbonyl (C=O) groups is 2. The molecule has 23 heavy (non-hydrogen) atoms. The number of nitrogens with zero attached hydrogens (tertiary/aromatic N) is 1. The smallest absolute Gasteiger partial charge is 0.318 e. The van der Waals surface area contributed by atoms with Gasteiger partial charge in [0.1, 0.15) is 11.6 Å². The maximum atomic E-state index is 12.7. The van der Waals surface area contributed by atoms with Crippen LogP contribution in [0.25, 0.3) is 0 Å². The normalized spacial score (nSPS) is 11.8. The summed E-state index contributed by atoms with van der Waals surface area (Å²) in [5, 5.41) is 14.3. The Labute approximate surface area is 151 Å². The van der Waals surface area contributed by atoms with Crippen molar-refractivity contribution in [2.45, 2.75) is 6.92 Å².